The quantitative estimate of drug-likeness (QED) is 0.848. The van der Waals surface area contributed by atoms with E-state index < -0.39 is 0 Å². The fraction of sp³-hybridized carbons (Fsp3) is 0.300. The number of hydrogen-bond donors (Lipinski definition) is 1. The van der Waals surface area contributed by atoms with Gasteiger partial charge in [-0.1, -0.05) is 6.07 Å². The summed E-state index contributed by atoms with van der Waals surface area (Å²) in [5.74, 6) is 1.56. The normalized spacial score (nSPS) is 15.3. The van der Waals surface area contributed by atoms with Crippen molar-refractivity contribution in [3.05, 3.63) is 51.2 Å². The van der Waals surface area contributed by atoms with Gasteiger partial charge in [0, 0.05) is 11.6 Å². The highest BCUT2D eigenvalue weighted by Crippen LogP contribution is 2.49. The summed E-state index contributed by atoms with van der Waals surface area (Å²) in [5, 5.41) is 0. The van der Waals surface area contributed by atoms with Crippen LogP contribution in [-0.4, -0.2) is 27.6 Å². The summed E-state index contributed by atoms with van der Waals surface area (Å²) in [4.78, 5) is 23.5. The van der Waals surface area contributed by atoms with E-state index in [9.17, 15) is 9.59 Å². The van der Waals surface area contributed by atoms with Gasteiger partial charge in [0.1, 0.15) is 0 Å². The SMILES string of the molecule is COc1cc2c(c(OC)c1OC)-c1ccc(C=O)c(=O)cc1[C@@H](N)CC2. The van der Waals surface area contributed by atoms with Crippen LogP contribution >= 0.6 is 0 Å². The lowest BCUT2D eigenvalue weighted by Gasteiger charge is -2.19. The zero-order valence-corrected chi connectivity index (χ0v) is 15.0. The maximum atomic E-state index is 12.3. The number of carbonyl (C=O) groups excluding carboxylic acids is 1. The summed E-state index contributed by atoms with van der Waals surface area (Å²) < 4.78 is 16.6. The van der Waals surface area contributed by atoms with Crippen LogP contribution in [0.3, 0.4) is 0 Å². The molecule has 136 valence electrons. The molecule has 0 amide bonds. The first-order chi connectivity index (χ1) is 12.5. The molecule has 0 radical (unpaired) electrons. The van der Waals surface area contributed by atoms with Crippen molar-refractivity contribution < 1.29 is 19.0 Å². The van der Waals surface area contributed by atoms with Crippen molar-refractivity contribution in [3.8, 4) is 28.4 Å². The number of nitrogens with two attached hydrogens (primary N) is 1. The lowest BCUT2D eigenvalue weighted by Crippen LogP contribution is -2.12. The number of methoxy groups -OCH3 is 3. The molecule has 2 N–H and O–H groups in total. The zero-order chi connectivity index (χ0) is 18.8. The third-order valence-corrected chi connectivity index (χ3v) is 4.74. The van der Waals surface area contributed by atoms with Gasteiger partial charge in [-0.2, -0.15) is 0 Å². The van der Waals surface area contributed by atoms with Crippen LogP contribution in [0.25, 0.3) is 11.1 Å². The third-order valence-electron chi connectivity index (χ3n) is 4.74. The van der Waals surface area contributed by atoms with E-state index in [1.54, 1.807) is 27.4 Å². The molecule has 26 heavy (non-hydrogen) atoms. The minimum absolute atomic E-state index is 0.0891. The number of carbonyl (C=O) groups is 1. The predicted octanol–water partition coefficient (Wildman–Crippen LogP) is 2.50. The Balaban J connectivity index is 2.45. The molecule has 3 rings (SSSR count). The number of rotatable bonds is 4. The molecule has 0 unspecified atom stereocenters. The summed E-state index contributed by atoms with van der Waals surface area (Å²) in [6, 6.07) is 6.29. The summed E-state index contributed by atoms with van der Waals surface area (Å²) in [6.45, 7) is 0. The Morgan fingerprint density at radius 3 is 2.42 bits per heavy atom. The van der Waals surface area contributed by atoms with Gasteiger partial charge in [-0.05, 0) is 47.7 Å². The van der Waals surface area contributed by atoms with E-state index in [0.717, 1.165) is 16.7 Å². The second kappa shape index (κ2) is 7.17. The second-order valence-corrected chi connectivity index (χ2v) is 6.11. The Hall–Kier alpha value is -2.86. The van der Waals surface area contributed by atoms with Gasteiger partial charge in [0.2, 0.25) is 5.75 Å². The van der Waals surface area contributed by atoms with Crippen molar-refractivity contribution in [1.29, 1.82) is 0 Å². The minimum Gasteiger partial charge on any atom is -0.493 e. The molecule has 1 atom stereocenters. The van der Waals surface area contributed by atoms with Gasteiger partial charge in [-0.15, -0.1) is 0 Å². The standard InChI is InChI=1S/C20H21NO5/c1-24-17-8-11-5-7-15(21)14-9-16(23)12(10-22)4-6-13(14)18(11)20(26-3)19(17)25-2/h4,6,8-10,15H,5,7,21H2,1-3H3/t15-/m0/s1. The molecule has 0 saturated heterocycles. The highest BCUT2D eigenvalue weighted by molar-refractivity contribution is 5.83. The molecule has 1 aliphatic carbocycles. The summed E-state index contributed by atoms with van der Waals surface area (Å²) in [5.41, 5.74) is 9.32. The van der Waals surface area contributed by atoms with E-state index in [2.05, 4.69) is 0 Å². The minimum atomic E-state index is -0.348. The molecular formula is C20H21NO5. The van der Waals surface area contributed by atoms with E-state index in [0.29, 0.717) is 41.9 Å². The van der Waals surface area contributed by atoms with Gasteiger partial charge in [-0.3, -0.25) is 9.59 Å². The molecule has 2 aromatic rings. The van der Waals surface area contributed by atoms with Crippen LogP contribution in [0.4, 0.5) is 0 Å². The second-order valence-electron chi connectivity index (χ2n) is 6.11. The first-order valence-electron chi connectivity index (χ1n) is 8.26. The molecule has 0 fully saturated rings. The molecule has 0 aromatic heterocycles. The molecule has 0 heterocycles. The van der Waals surface area contributed by atoms with Crippen LogP contribution in [0.1, 0.15) is 33.9 Å². The predicted molar refractivity (Wildman–Crippen MR) is 98.4 cm³/mol. The van der Waals surface area contributed by atoms with E-state index in [4.69, 9.17) is 19.9 Å². The Bertz CT molecular complexity index is 923. The van der Waals surface area contributed by atoms with E-state index in [1.807, 2.05) is 6.07 Å². The summed E-state index contributed by atoms with van der Waals surface area (Å²) in [7, 11) is 4.67. The van der Waals surface area contributed by atoms with E-state index in [-0.39, 0.29) is 17.0 Å². The number of aryl methyl sites for hydroxylation is 1. The van der Waals surface area contributed by atoms with Crippen LogP contribution in [0.2, 0.25) is 0 Å². The van der Waals surface area contributed by atoms with Gasteiger partial charge >= 0.3 is 0 Å². The van der Waals surface area contributed by atoms with Crippen molar-refractivity contribution in [2.24, 2.45) is 5.73 Å². The first kappa shape index (κ1) is 17.9. The van der Waals surface area contributed by atoms with E-state index in [1.165, 1.54) is 12.1 Å². The largest absolute Gasteiger partial charge is 0.493 e. The number of hydrogen-bond acceptors (Lipinski definition) is 6. The van der Waals surface area contributed by atoms with Crippen LogP contribution in [-0.2, 0) is 6.42 Å². The molecule has 0 bridgehead atoms. The van der Waals surface area contributed by atoms with Gasteiger partial charge < -0.3 is 19.9 Å². The molecule has 0 aliphatic heterocycles. The number of fused-ring (bicyclic) bond motifs is 3. The fourth-order valence-corrected chi connectivity index (χ4v) is 3.45. The van der Waals surface area contributed by atoms with Gasteiger partial charge in [-0.25, -0.2) is 0 Å². The smallest absolute Gasteiger partial charge is 0.203 e. The number of benzene rings is 1. The van der Waals surface area contributed by atoms with Crippen molar-refractivity contribution in [1.82, 2.24) is 0 Å². The maximum Gasteiger partial charge on any atom is 0.203 e. The van der Waals surface area contributed by atoms with Crippen molar-refractivity contribution >= 4 is 6.29 Å². The van der Waals surface area contributed by atoms with Crippen LogP contribution in [0.5, 0.6) is 17.2 Å². The van der Waals surface area contributed by atoms with Gasteiger partial charge in [0.25, 0.3) is 0 Å². The molecular weight excluding hydrogens is 334 g/mol. The average Bonchev–Trinajstić information content (AvgIpc) is 2.89. The van der Waals surface area contributed by atoms with Crippen molar-refractivity contribution in [3.63, 3.8) is 0 Å². The average molecular weight is 355 g/mol. The Labute approximate surface area is 151 Å². The summed E-state index contributed by atoms with van der Waals surface area (Å²) in [6.07, 6.45) is 1.90. The molecule has 0 saturated carbocycles. The van der Waals surface area contributed by atoms with Crippen LogP contribution < -0.4 is 25.4 Å². The lowest BCUT2D eigenvalue weighted by molar-refractivity contribution is 0.112. The lowest BCUT2D eigenvalue weighted by atomic mass is 9.95. The molecule has 0 spiro atoms. The molecule has 2 aromatic carbocycles. The van der Waals surface area contributed by atoms with Gasteiger partial charge in [0.05, 0.1) is 26.9 Å². The number of ether oxygens (including phenoxy) is 3. The summed E-state index contributed by atoms with van der Waals surface area (Å²) >= 11 is 0. The Kier molecular flexibility index (Phi) is 4.95. The first-order valence-corrected chi connectivity index (χ1v) is 8.26. The topological polar surface area (TPSA) is 87.9 Å². The third kappa shape index (κ3) is 2.82. The highest BCUT2D eigenvalue weighted by atomic mass is 16.5. The molecule has 1 aliphatic rings. The highest BCUT2D eigenvalue weighted by Gasteiger charge is 2.27. The Morgan fingerprint density at radius 1 is 1.08 bits per heavy atom. The van der Waals surface area contributed by atoms with E-state index >= 15 is 0 Å². The maximum absolute atomic E-state index is 12.3. The van der Waals surface area contributed by atoms with Crippen molar-refractivity contribution in [2.75, 3.05) is 21.3 Å². The molecule has 6 heteroatoms. The van der Waals surface area contributed by atoms with Crippen molar-refractivity contribution in [2.45, 2.75) is 18.9 Å². The zero-order valence-electron chi connectivity index (χ0n) is 15.0. The molecule has 6 nitrogen and oxygen atoms in total. The van der Waals surface area contributed by atoms with Crippen LogP contribution in [0.15, 0.2) is 29.1 Å². The monoisotopic (exact) mass is 355 g/mol. The number of aldehydes is 1. The van der Waals surface area contributed by atoms with Gasteiger partial charge in [0.15, 0.2) is 23.2 Å². The fourth-order valence-electron chi connectivity index (χ4n) is 3.45. The Morgan fingerprint density at radius 2 is 1.81 bits per heavy atom. The van der Waals surface area contributed by atoms with Crippen LogP contribution in [0, 0.1) is 0 Å².